The quantitative estimate of drug-likeness (QED) is 0.344. The second kappa shape index (κ2) is 12.2. The summed E-state index contributed by atoms with van der Waals surface area (Å²) >= 11 is 1.76. The Balaban J connectivity index is 0.00000312. The summed E-state index contributed by atoms with van der Waals surface area (Å²) in [6, 6.07) is 9.22. The molecule has 0 aliphatic heterocycles. The monoisotopic (exact) mass is 477 g/mol. The molecule has 0 saturated heterocycles. The third kappa shape index (κ3) is 7.70. The lowest BCUT2D eigenvalue weighted by Gasteiger charge is -2.11. The fraction of sp³-hybridized carbons (Fsp3) is 0.389. The van der Waals surface area contributed by atoms with Crippen LogP contribution in [0.25, 0.3) is 0 Å². The normalized spacial score (nSPS) is 11.1. The molecule has 1 aromatic heterocycles. The zero-order valence-corrected chi connectivity index (χ0v) is 17.7. The Labute approximate surface area is 169 Å². The summed E-state index contributed by atoms with van der Waals surface area (Å²) in [5, 5.41) is 8.64. The van der Waals surface area contributed by atoms with Crippen LogP contribution in [0, 0.1) is 5.82 Å². The molecule has 2 rings (SSSR count). The molecular formula is C18H25FIN3OS. The molecule has 7 heteroatoms. The van der Waals surface area contributed by atoms with Gasteiger partial charge in [0.25, 0.3) is 0 Å². The van der Waals surface area contributed by atoms with Gasteiger partial charge in [-0.25, -0.2) is 9.38 Å². The molecule has 1 aromatic carbocycles. The van der Waals surface area contributed by atoms with Gasteiger partial charge in [0, 0.05) is 30.6 Å². The summed E-state index contributed by atoms with van der Waals surface area (Å²) in [6.45, 7) is 4.41. The van der Waals surface area contributed by atoms with Gasteiger partial charge in [-0.05, 0) is 42.5 Å². The summed E-state index contributed by atoms with van der Waals surface area (Å²) in [6.07, 6.45) is 0.969. The number of hydrogen-bond acceptors (Lipinski definition) is 3. The number of rotatable bonds is 8. The lowest BCUT2D eigenvalue weighted by molar-refractivity contribution is 0.181. The number of guanidine groups is 1. The van der Waals surface area contributed by atoms with Crippen LogP contribution in [0.2, 0.25) is 0 Å². The van der Waals surface area contributed by atoms with E-state index in [-0.39, 0.29) is 36.4 Å². The number of hydrogen-bond donors (Lipinski definition) is 2. The van der Waals surface area contributed by atoms with Gasteiger partial charge < -0.3 is 15.4 Å². The van der Waals surface area contributed by atoms with Crippen molar-refractivity contribution in [3.63, 3.8) is 0 Å². The van der Waals surface area contributed by atoms with Gasteiger partial charge in [-0.2, -0.15) is 0 Å². The number of halogens is 2. The Bertz CT molecular complexity index is 650. The first-order valence-corrected chi connectivity index (χ1v) is 8.91. The molecule has 25 heavy (non-hydrogen) atoms. The maximum atomic E-state index is 13.6. The van der Waals surface area contributed by atoms with Crippen molar-refractivity contribution in [1.82, 2.24) is 10.6 Å². The fourth-order valence-corrected chi connectivity index (χ4v) is 2.97. The minimum atomic E-state index is -0.245. The van der Waals surface area contributed by atoms with Crippen molar-refractivity contribution in [2.75, 3.05) is 20.2 Å². The summed E-state index contributed by atoms with van der Waals surface area (Å²) < 4.78 is 18.7. The molecule has 0 saturated carbocycles. The Morgan fingerprint density at radius 3 is 2.80 bits per heavy atom. The van der Waals surface area contributed by atoms with Crippen LogP contribution in [0.4, 0.5) is 4.39 Å². The maximum Gasteiger partial charge on any atom is 0.191 e. The highest BCUT2D eigenvalue weighted by molar-refractivity contribution is 14.0. The van der Waals surface area contributed by atoms with Crippen molar-refractivity contribution in [3.05, 3.63) is 57.5 Å². The molecule has 2 aromatic rings. The highest BCUT2D eigenvalue weighted by Gasteiger charge is 2.04. The molecule has 0 bridgehead atoms. The predicted octanol–water partition coefficient (Wildman–Crippen LogP) is 3.95. The number of thiophene rings is 1. The van der Waals surface area contributed by atoms with E-state index < -0.39 is 0 Å². The van der Waals surface area contributed by atoms with E-state index in [0.29, 0.717) is 12.1 Å². The lowest BCUT2D eigenvalue weighted by atomic mass is 10.1. The van der Waals surface area contributed by atoms with Gasteiger partial charge in [-0.1, -0.05) is 12.1 Å². The van der Waals surface area contributed by atoms with Gasteiger partial charge in [0.1, 0.15) is 5.82 Å². The van der Waals surface area contributed by atoms with Crippen LogP contribution >= 0.6 is 35.3 Å². The average molecular weight is 477 g/mol. The Hall–Kier alpha value is -1.19. The van der Waals surface area contributed by atoms with Crippen molar-refractivity contribution < 1.29 is 9.13 Å². The van der Waals surface area contributed by atoms with Gasteiger partial charge in [0.15, 0.2) is 5.96 Å². The number of nitrogens with zero attached hydrogens (tertiary/aromatic N) is 1. The summed E-state index contributed by atoms with van der Waals surface area (Å²) in [4.78, 5) is 5.92. The van der Waals surface area contributed by atoms with Crippen LogP contribution in [-0.4, -0.2) is 26.2 Å². The first-order chi connectivity index (χ1) is 11.7. The first-order valence-electron chi connectivity index (χ1n) is 8.03. The van der Waals surface area contributed by atoms with Gasteiger partial charge >= 0.3 is 0 Å². The molecule has 0 unspecified atom stereocenters. The molecule has 138 valence electrons. The van der Waals surface area contributed by atoms with E-state index in [4.69, 9.17) is 4.74 Å². The van der Waals surface area contributed by atoms with Gasteiger partial charge in [0.05, 0.1) is 13.2 Å². The summed E-state index contributed by atoms with van der Waals surface area (Å²) in [7, 11) is 1.56. The van der Waals surface area contributed by atoms with E-state index in [1.54, 1.807) is 30.6 Å². The molecule has 2 N–H and O–H groups in total. The van der Waals surface area contributed by atoms with Crippen molar-refractivity contribution in [2.45, 2.75) is 26.5 Å². The molecule has 0 aliphatic carbocycles. The molecule has 0 aliphatic rings. The molecule has 0 spiro atoms. The second-order valence-corrected chi connectivity index (χ2v) is 6.34. The van der Waals surface area contributed by atoms with Crippen LogP contribution < -0.4 is 10.6 Å². The molecular weight excluding hydrogens is 452 g/mol. The van der Waals surface area contributed by atoms with E-state index in [2.05, 4.69) is 33.1 Å². The van der Waals surface area contributed by atoms with Gasteiger partial charge in [-0.15, -0.1) is 35.3 Å². The Kier molecular flexibility index (Phi) is 10.7. The minimum absolute atomic E-state index is 0. The third-order valence-corrected chi connectivity index (χ3v) is 4.35. The maximum absolute atomic E-state index is 13.6. The highest BCUT2D eigenvalue weighted by Crippen LogP contribution is 2.12. The zero-order valence-electron chi connectivity index (χ0n) is 14.5. The predicted molar refractivity (Wildman–Crippen MR) is 113 cm³/mol. The Morgan fingerprint density at radius 2 is 2.12 bits per heavy atom. The first kappa shape index (κ1) is 21.9. The van der Waals surface area contributed by atoms with Crippen molar-refractivity contribution in [2.24, 2.45) is 4.99 Å². The van der Waals surface area contributed by atoms with Crippen molar-refractivity contribution in [1.29, 1.82) is 0 Å². The smallest absolute Gasteiger partial charge is 0.191 e. The molecule has 0 fully saturated rings. The van der Waals surface area contributed by atoms with Crippen LogP contribution in [0.15, 0.2) is 40.7 Å². The zero-order chi connectivity index (χ0) is 17.2. The average Bonchev–Trinajstić information content (AvgIpc) is 3.09. The third-order valence-electron chi connectivity index (χ3n) is 3.42. The molecule has 0 atom stereocenters. The Morgan fingerprint density at radius 1 is 1.28 bits per heavy atom. The van der Waals surface area contributed by atoms with Crippen molar-refractivity contribution in [3.8, 4) is 0 Å². The van der Waals surface area contributed by atoms with Crippen LogP contribution in [0.5, 0.6) is 0 Å². The summed E-state index contributed by atoms with van der Waals surface area (Å²) in [5.74, 6) is 0.525. The lowest BCUT2D eigenvalue weighted by Crippen LogP contribution is -2.38. The van der Waals surface area contributed by atoms with E-state index in [9.17, 15) is 4.39 Å². The molecule has 0 amide bonds. The van der Waals surface area contributed by atoms with Gasteiger partial charge in [0.2, 0.25) is 0 Å². The van der Waals surface area contributed by atoms with Crippen LogP contribution in [0.1, 0.15) is 22.9 Å². The number of ether oxygens (including phenoxy) is 1. The van der Waals surface area contributed by atoms with E-state index >= 15 is 0 Å². The van der Waals surface area contributed by atoms with Crippen LogP contribution in [-0.2, 0) is 24.3 Å². The van der Waals surface area contributed by atoms with E-state index in [1.165, 1.54) is 10.9 Å². The molecule has 0 radical (unpaired) electrons. The summed E-state index contributed by atoms with van der Waals surface area (Å²) in [5.41, 5.74) is 1.51. The minimum Gasteiger partial charge on any atom is -0.380 e. The second-order valence-electron chi connectivity index (χ2n) is 5.31. The van der Waals surface area contributed by atoms with Crippen LogP contribution in [0.3, 0.4) is 0 Å². The SMILES string of the molecule is CCNC(=NCc1ccc(F)c(COC)c1)NCCc1cccs1.I. The largest absolute Gasteiger partial charge is 0.380 e. The number of aliphatic imine (C=N–C) groups is 1. The number of methoxy groups -OCH3 is 1. The standard InChI is InChI=1S/C18H24FN3OS.HI/c1-3-20-18(21-9-8-16-5-4-10-24-16)22-12-14-6-7-17(19)15(11-14)13-23-2;/h4-7,10-11H,3,8-9,12-13H2,1-2H3,(H2,20,21,22);1H. The van der Waals surface area contributed by atoms with E-state index in [0.717, 1.165) is 31.0 Å². The number of benzene rings is 1. The van der Waals surface area contributed by atoms with Crippen molar-refractivity contribution >= 4 is 41.3 Å². The molecule has 1 heterocycles. The highest BCUT2D eigenvalue weighted by atomic mass is 127. The fourth-order valence-electron chi connectivity index (χ4n) is 2.26. The van der Waals surface area contributed by atoms with E-state index in [1.807, 2.05) is 6.92 Å². The topological polar surface area (TPSA) is 45.7 Å². The number of nitrogens with one attached hydrogen (secondary N) is 2. The van der Waals surface area contributed by atoms with Gasteiger partial charge in [-0.3, -0.25) is 0 Å². The molecule has 4 nitrogen and oxygen atoms in total.